The minimum absolute atomic E-state index is 0.256. The standard InChI is InChI=1S/C14H14N2O3S/c1-10-13(20-8-15-10)16(9-17)12(14(18)19)7-11-5-3-2-4-6-11/h2-6,8-9,12H,7H2,1H3,(H,18,19). The van der Waals surface area contributed by atoms with Gasteiger partial charge in [0.15, 0.2) is 0 Å². The predicted octanol–water partition coefficient (Wildman–Crippen LogP) is 2.11. The summed E-state index contributed by atoms with van der Waals surface area (Å²) >= 11 is 1.26. The van der Waals surface area contributed by atoms with E-state index in [1.807, 2.05) is 30.3 Å². The Labute approximate surface area is 120 Å². The van der Waals surface area contributed by atoms with Crippen LogP contribution in [-0.4, -0.2) is 28.5 Å². The average molecular weight is 290 g/mol. The van der Waals surface area contributed by atoms with Gasteiger partial charge in [-0.1, -0.05) is 30.3 Å². The molecule has 0 aliphatic rings. The van der Waals surface area contributed by atoms with Gasteiger partial charge in [0, 0.05) is 6.42 Å². The van der Waals surface area contributed by atoms with Crippen molar-refractivity contribution in [3.63, 3.8) is 0 Å². The molecule has 5 nitrogen and oxygen atoms in total. The molecule has 1 amide bonds. The number of benzene rings is 1. The van der Waals surface area contributed by atoms with E-state index in [0.29, 0.717) is 17.1 Å². The largest absolute Gasteiger partial charge is 0.480 e. The summed E-state index contributed by atoms with van der Waals surface area (Å²) in [6, 6.07) is 8.31. The van der Waals surface area contributed by atoms with Gasteiger partial charge in [-0.05, 0) is 12.5 Å². The summed E-state index contributed by atoms with van der Waals surface area (Å²) in [5.41, 5.74) is 3.12. The first-order valence-electron chi connectivity index (χ1n) is 6.04. The van der Waals surface area contributed by atoms with Crippen LogP contribution >= 0.6 is 11.3 Å². The summed E-state index contributed by atoms with van der Waals surface area (Å²) in [6.07, 6.45) is 0.814. The molecule has 0 saturated heterocycles. The van der Waals surface area contributed by atoms with Gasteiger partial charge in [-0.2, -0.15) is 0 Å². The predicted molar refractivity (Wildman–Crippen MR) is 77.0 cm³/mol. The molecule has 0 saturated carbocycles. The van der Waals surface area contributed by atoms with E-state index in [9.17, 15) is 14.7 Å². The van der Waals surface area contributed by atoms with Crippen LogP contribution < -0.4 is 4.90 Å². The molecule has 20 heavy (non-hydrogen) atoms. The highest BCUT2D eigenvalue weighted by atomic mass is 32.1. The molecule has 0 spiro atoms. The zero-order valence-electron chi connectivity index (χ0n) is 10.9. The number of amides is 1. The SMILES string of the molecule is Cc1ncsc1N(C=O)C(Cc1ccccc1)C(=O)O. The maximum Gasteiger partial charge on any atom is 0.327 e. The van der Waals surface area contributed by atoms with E-state index in [0.717, 1.165) is 5.56 Å². The third-order valence-corrected chi connectivity index (χ3v) is 3.90. The number of aromatic nitrogens is 1. The minimum Gasteiger partial charge on any atom is -0.480 e. The Morgan fingerprint density at radius 1 is 1.45 bits per heavy atom. The van der Waals surface area contributed by atoms with Crippen molar-refractivity contribution in [2.24, 2.45) is 0 Å². The van der Waals surface area contributed by atoms with Crippen molar-refractivity contribution in [1.82, 2.24) is 4.98 Å². The van der Waals surface area contributed by atoms with Crippen molar-refractivity contribution in [3.8, 4) is 0 Å². The van der Waals surface area contributed by atoms with Crippen LogP contribution in [0.5, 0.6) is 0 Å². The molecule has 1 aromatic heterocycles. The monoisotopic (exact) mass is 290 g/mol. The van der Waals surface area contributed by atoms with Gasteiger partial charge in [0.1, 0.15) is 11.0 Å². The number of nitrogens with zero attached hydrogens (tertiary/aromatic N) is 2. The van der Waals surface area contributed by atoms with E-state index in [4.69, 9.17) is 0 Å². The van der Waals surface area contributed by atoms with Crippen LogP contribution in [0.3, 0.4) is 0 Å². The lowest BCUT2D eigenvalue weighted by Crippen LogP contribution is -2.42. The van der Waals surface area contributed by atoms with Gasteiger partial charge in [0.05, 0.1) is 11.2 Å². The number of anilines is 1. The molecule has 6 heteroatoms. The molecule has 1 unspecified atom stereocenters. The Hall–Kier alpha value is -2.21. The zero-order chi connectivity index (χ0) is 14.5. The maximum absolute atomic E-state index is 11.5. The lowest BCUT2D eigenvalue weighted by atomic mass is 10.1. The number of aliphatic carboxylic acids is 1. The van der Waals surface area contributed by atoms with Gasteiger partial charge >= 0.3 is 5.97 Å². The second-order valence-electron chi connectivity index (χ2n) is 4.30. The fourth-order valence-electron chi connectivity index (χ4n) is 1.95. The van der Waals surface area contributed by atoms with E-state index in [2.05, 4.69) is 4.98 Å². The molecule has 2 aromatic rings. The third kappa shape index (κ3) is 3.03. The number of rotatable bonds is 6. The van der Waals surface area contributed by atoms with Crippen molar-refractivity contribution in [1.29, 1.82) is 0 Å². The number of carbonyl (C=O) groups is 2. The Bertz CT molecular complexity index is 597. The number of carboxylic acids is 1. The van der Waals surface area contributed by atoms with E-state index < -0.39 is 12.0 Å². The highest BCUT2D eigenvalue weighted by Gasteiger charge is 2.28. The molecule has 0 aliphatic heterocycles. The molecule has 1 aromatic carbocycles. The lowest BCUT2D eigenvalue weighted by molar-refractivity contribution is -0.139. The summed E-state index contributed by atoms with van der Waals surface area (Å²) in [4.78, 5) is 28.1. The van der Waals surface area contributed by atoms with Gasteiger partial charge in [0.2, 0.25) is 6.41 Å². The molecule has 1 N–H and O–H groups in total. The van der Waals surface area contributed by atoms with Gasteiger partial charge in [-0.15, -0.1) is 11.3 Å². The molecular weight excluding hydrogens is 276 g/mol. The van der Waals surface area contributed by atoms with Gasteiger partial charge in [-0.3, -0.25) is 9.69 Å². The van der Waals surface area contributed by atoms with Crippen LogP contribution in [0.4, 0.5) is 5.00 Å². The highest BCUT2D eigenvalue weighted by Crippen LogP contribution is 2.26. The fraction of sp³-hybridized carbons (Fsp3) is 0.214. The number of aryl methyl sites for hydroxylation is 1. The van der Waals surface area contributed by atoms with Gasteiger partial charge in [0.25, 0.3) is 0 Å². The van der Waals surface area contributed by atoms with E-state index in [-0.39, 0.29) is 6.42 Å². The smallest absolute Gasteiger partial charge is 0.327 e. The van der Waals surface area contributed by atoms with Crippen molar-refractivity contribution in [2.45, 2.75) is 19.4 Å². The number of thiazole rings is 1. The summed E-state index contributed by atoms with van der Waals surface area (Å²) < 4.78 is 0. The van der Waals surface area contributed by atoms with Crippen molar-refractivity contribution < 1.29 is 14.7 Å². The van der Waals surface area contributed by atoms with Crippen LogP contribution in [0.25, 0.3) is 0 Å². The van der Waals surface area contributed by atoms with Gasteiger partial charge in [-0.25, -0.2) is 9.78 Å². The molecule has 0 aliphatic carbocycles. The summed E-state index contributed by atoms with van der Waals surface area (Å²) in [6.45, 7) is 1.75. The number of carbonyl (C=O) groups excluding carboxylic acids is 1. The van der Waals surface area contributed by atoms with E-state index in [1.54, 1.807) is 12.4 Å². The van der Waals surface area contributed by atoms with Gasteiger partial charge < -0.3 is 5.11 Å². The van der Waals surface area contributed by atoms with Crippen LogP contribution in [0, 0.1) is 6.92 Å². The highest BCUT2D eigenvalue weighted by molar-refractivity contribution is 7.14. The van der Waals surface area contributed by atoms with Crippen LogP contribution in [0.15, 0.2) is 35.8 Å². The first-order chi connectivity index (χ1) is 9.63. The second kappa shape index (κ2) is 6.29. The fourth-order valence-corrected chi connectivity index (χ4v) is 2.77. The molecule has 2 rings (SSSR count). The van der Waals surface area contributed by atoms with Crippen LogP contribution in [0.1, 0.15) is 11.3 Å². The average Bonchev–Trinajstić information content (AvgIpc) is 2.86. The van der Waals surface area contributed by atoms with Crippen molar-refractivity contribution >= 4 is 28.7 Å². The summed E-state index contributed by atoms with van der Waals surface area (Å²) in [5, 5.41) is 9.98. The molecule has 1 atom stereocenters. The summed E-state index contributed by atoms with van der Waals surface area (Å²) in [5.74, 6) is -1.03. The van der Waals surface area contributed by atoms with E-state index in [1.165, 1.54) is 16.2 Å². The van der Waals surface area contributed by atoms with Crippen molar-refractivity contribution in [3.05, 3.63) is 47.1 Å². The number of carboxylic acid groups (broad SMARTS) is 1. The Morgan fingerprint density at radius 2 is 2.15 bits per heavy atom. The zero-order valence-corrected chi connectivity index (χ0v) is 11.7. The third-order valence-electron chi connectivity index (χ3n) is 2.96. The second-order valence-corrected chi connectivity index (χ2v) is 5.13. The molecule has 104 valence electrons. The minimum atomic E-state index is -1.03. The molecule has 0 fully saturated rings. The lowest BCUT2D eigenvalue weighted by Gasteiger charge is -2.24. The van der Waals surface area contributed by atoms with Crippen LogP contribution in [0.2, 0.25) is 0 Å². The van der Waals surface area contributed by atoms with Crippen molar-refractivity contribution in [2.75, 3.05) is 4.90 Å². The first kappa shape index (κ1) is 14.2. The summed E-state index contributed by atoms with van der Waals surface area (Å²) in [7, 11) is 0. The Morgan fingerprint density at radius 3 is 2.65 bits per heavy atom. The van der Waals surface area contributed by atoms with Crippen LogP contribution in [-0.2, 0) is 16.0 Å². The quantitative estimate of drug-likeness (QED) is 0.827. The Balaban J connectivity index is 2.30. The Kier molecular flexibility index (Phi) is 4.47. The van der Waals surface area contributed by atoms with E-state index >= 15 is 0 Å². The molecule has 0 bridgehead atoms. The topological polar surface area (TPSA) is 70.5 Å². The molecular formula is C14H14N2O3S. The first-order valence-corrected chi connectivity index (χ1v) is 6.92. The normalized spacial score (nSPS) is 11.8. The molecule has 1 heterocycles. The maximum atomic E-state index is 11.5. The molecule has 0 radical (unpaired) electrons. The number of hydrogen-bond donors (Lipinski definition) is 1. The number of hydrogen-bond acceptors (Lipinski definition) is 4.